The molecule has 0 bridgehead atoms. The Kier molecular flexibility index (Phi) is 2.49. The van der Waals surface area contributed by atoms with Crippen LogP contribution in [0.15, 0.2) is 35.1 Å². The molecule has 72 valence electrons. The fourth-order valence-electron chi connectivity index (χ4n) is 1.09. The predicted octanol–water partition coefficient (Wildman–Crippen LogP) is 2.32. The van der Waals surface area contributed by atoms with Crippen LogP contribution in [-0.4, -0.2) is 14.8 Å². The van der Waals surface area contributed by atoms with Gasteiger partial charge in [-0.1, -0.05) is 22.0 Å². The topological polar surface area (TPSA) is 42.7 Å². The minimum absolute atomic E-state index is 0.602. The monoisotopic (exact) mass is 252 g/mol. The summed E-state index contributed by atoms with van der Waals surface area (Å²) in [5, 5.41) is 7.21. The molecule has 2 aromatic rings. The number of aromatic nitrogens is 3. The van der Waals surface area contributed by atoms with Crippen LogP contribution in [0.2, 0.25) is 0 Å². The Balaban J connectivity index is 2.18. The maximum Gasteiger partial charge on any atom is 0.246 e. The van der Waals surface area contributed by atoms with Crippen molar-refractivity contribution >= 4 is 27.6 Å². The molecule has 0 atom stereocenters. The van der Waals surface area contributed by atoms with Gasteiger partial charge < -0.3 is 5.32 Å². The molecule has 0 spiro atoms. The third-order valence-electron chi connectivity index (χ3n) is 1.68. The third kappa shape index (κ3) is 2.11. The van der Waals surface area contributed by atoms with E-state index in [1.165, 1.54) is 0 Å². The summed E-state index contributed by atoms with van der Waals surface area (Å²) >= 11 is 3.39. The van der Waals surface area contributed by atoms with Gasteiger partial charge in [-0.2, -0.15) is 0 Å². The average Bonchev–Trinajstić information content (AvgIpc) is 2.51. The number of anilines is 2. The van der Waals surface area contributed by atoms with Crippen LogP contribution >= 0.6 is 15.9 Å². The number of aryl methyl sites for hydroxylation is 1. The van der Waals surface area contributed by atoms with Gasteiger partial charge in [0.1, 0.15) is 6.33 Å². The first-order valence-corrected chi connectivity index (χ1v) is 4.91. The molecule has 5 heteroatoms. The van der Waals surface area contributed by atoms with Gasteiger partial charge in [-0.05, 0) is 18.2 Å². The Morgan fingerprint density at radius 2 is 2.29 bits per heavy atom. The highest BCUT2D eigenvalue weighted by atomic mass is 79.9. The molecule has 0 aliphatic heterocycles. The van der Waals surface area contributed by atoms with Crippen molar-refractivity contribution in [2.45, 2.75) is 0 Å². The standard InChI is InChI=1S/C9H9BrN4/c1-14-6-11-9(13-14)12-8-4-2-3-7(10)5-8/h2-6H,1H3,(H,12,13). The molecule has 0 aliphatic carbocycles. The number of nitrogens with one attached hydrogen (secondary N) is 1. The van der Waals surface area contributed by atoms with E-state index in [0.717, 1.165) is 10.2 Å². The summed E-state index contributed by atoms with van der Waals surface area (Å²) in [6.45, 7) is 0. The van der Waals surface area contributed by atoms with Crippen molar-refractivity contribution in [3.63, 3.8) is 0 Å². The van der Waals surface area contributed by atoms with Crippen LogP contribution in [0.5, 0.6) is 0 Å². The van der Waals surface area contributed by atoms with Gasteiger partial charge in [0, 0.05) is 17.2 Å². The Morgan fingerprint density at radius 1 is 1.43 bits per heavy atom. The van der Waals surface area contributed by atoms with Crippen LogP contribution in [0.1, 0.15) is 0 Å². The third-order valence-corrected chi connectivity index (χ3v) is 2.17. The molecular weight excluding hydrogens is 244 g/mol. The summed E-state index contributed by atoms with van der Waals surface area (Å²) in [4.78, 5) is 4.07. The van der Waals surface area contributed by atoms with Crippen molar-refractivity contribution in [1.29, 1.82) is 0 Å². The summed E-state index contributed by atoms with van der Waals surface area (Å²) in [6.07, 6.45) is 1.65. The summed E-state index contributed by atoms with van der Waals surface area (Å²) < 4.78 is 2.68. The normalized spacial score (nSPS) is 10.1. The first-order valence-electron chi connectivity index (χ1n) is 4.12. The number of hydrogen-bond donors (Lipinski definition) is 1. The van der Waals surface area contributed by atoms with Crippen LogP contribution in [0.3, 0.4) is 0 Å². The molecule has 4 nitrogen and oxygen atoms in total. The molecule has 1 aromatic carbocycles. The van der Waals surface area contributed by atoms with Crippen LogP contribution in [-0.2, 0) is 7.05 Å². The molecular formula is C9H9BrN4. The molecule has 1 N–H and O–H groups in total. The second kappa shape index (κ2) is 3.79. The fourth-order valence-corrected chi connectivity index (χ4v) is 1.49. The minimum atomic E-state index is 0.602. The maximum absolute atomic E-state index is 4.11. The van der Waals surface area contributed by atoms with Gasteiger partial charge >= 0.3 is 0 Å². The van der Waals surface area contributed by atoms with E-state index in [0.29, 0.717) is 5.95 Å². The maximum atomic E-state index is 4.11. The van der Waals surface area contributed by atoms with Crippen molar-refractivity contribution in [2.24, 2.45) is 7.05 Å². The summed E-state index contributed by atoms with van der Waals surface area (Å²) in [5.74, 6) is 0.602. The number of halogens is 1. The number of hydrogen-bond acceptors (Lipinski definition) is 3. The lowest BCUT2D eigenvalue weighted by Gasteiger charge is -2.01. The number of benzene rings is 1. The number of nitrogens with zero attached hydrogens (tertiary/aromatic N) is 3. The van der Waals surface area contributed by atoms with Crippen molar-refractivity contribution < 1.29 is 0 Å². The van der Waals surface area contributed by atoms with Crippen molar-refractivity contribution in [2.75, 3.05) is 5.32 Å². The quantitative estimate of drug-likeness (QED) is 0.893. The summed E-state index contributed by atoms with van der Waals surface area (Å²) in [5.41, 5.74) is 0.963. The van der Waals surface area contributed by atoms with E-state index in [9.17, 15) is 0 Å². The lowest BCUT2D eigenvalue weighted by molar-refractivity contribution is 0.768. The van der Waals surface area contributed by atoms with E-state index in [2.05, 4.69) is 31.3 Å². The molecule has 14 heavy (non-hydrogen) atoms. The van der Waals surface area contributed by atoms with E-state index < -0.39 is 0 Å². The second-order valence-electron chi connectivity index (χ2n) is 2.88. The second-order valence-corrected chi connectivity index (χ2v) is 3.79. The molecule has 0 fully saturated rings. The minimum Gasteiger partial charge on any atom is -0.323 e. The van der Waals surface area contributed by atoms with E-state index >= 15 is 0 Å². The Hall–Kier alpha value is -1.36. The van der Waals surface area contributed by atoms with E-state index in [1.807, 2.05) is 31.3 Å². The van der Waals surface area contributed by atoms with Crippen LogP contribution in [0, 0.1) is 0 Å². The zero-order chi connectivity index (χ0) is 9.97. The van der Waals surface area contributed by atoms with Crippen molar-refractivity contribution in [3.8, 4) is 0 Å². The van der Waals surface area contributed by atoms with Crippen molar-refractivity contribution in [1.82, 2.24) is 14.8 Å². The molecule has 2 rings (SSSR count). The Morgan fingerprint density at radius 3 is 2.93 bits per heavy atom. The highest BCUT2D eigenvalue weighted by Crippen LogP contribution is 2.17. The molecule has 1 heterocycles. The first-order chi connectivity index (χ1) is 6.74. The highest BCUT2D eigenvalue weighted by Gasteiger charge is 1.98. The lowest BCUT2D eigenvalue weighted by Crippen LogP contribution is -1.94. The van der Waals surface area contributed by atoms with E-state index in [-0.39, 0.29) is 0 Å². The summed E-state index contributed by atoms with van der Waals surface area (Å²) in [7, 11) is 1.83. The molecule has 0 amide bonds. The van der Waals surface area contributed by atoms with Crippen LogP contribution < -0.4 is 5.32 Å². The fraction of sp³-hybridized carbons (Fsp3) is 0.111. The van der Waals surface area contributed by atoms with Gasteiger partial charge in [-0.25, -0.2) is 4.98 Å². The Labute approximate surface area is 90.1 Å². The summed E-state index contributed by atoms with van der Waals surface area (Å²) in [6, 6.07) is 7.85. The molecule has 0 unspecified atom stereocenters. The smallest absolute Gasteiger partial charge is 0.246 e. The zero-order valence-corrected chi connectivity index (χ0v) is 9.19. The van der Waals surface area contributed by atoms with E-state index in [4.69, 9.17) is 0 Å². The SMILES string of the molecule is Cn1cnc(Nc2cccc(Br)c2)n1. The first kappa shape index (κ1) is 9.21. The van der Waals surface area contributed by atoms with Gasteiger partial charge in [0.25, 0.3) is 0 Å². The van der Waals surface area contributed by atoms with Gasteiger partial charge in [-0.15, -0.1) is 5.10 Å². The van der Waals surface area contributed by atoms with Crippen molar-refractivity contribution in [3.05, 3.63) is 35.1 Å². The van der Waals surface area contributed by atoms with E-state index in [1.54, 1.807) is 11.0 Å². The molecule has 0 saturated heterocycles. The van der Waals surface area contributed by atoms with Gasteiger partial charge in [-0.3, -0.25) is 4.68 Å². The van der Waals surface area contributed by atoms with Gasteiger partial charge in [0.15, 0.2) is 0 Å². The largest absolute Gasteiger partial charge is 0.323 e. The molecule has 0 saturated carbocycles. The van der Waals surface area contributed by atoms with Gasteiger partial charge in [0.2, 0.25) is 5.95 Å². The van der Waals surface area contributed by atoms with Gasteiger partial charge in [0.05, 0.1) is 0 Å². The highest BCUT2D eigenvalue weighted by molar-refractivity contribution is 9.10. The van der Waals surface area contributed by atoms with Crippen LogP contribution in [0.25, 0.3) is 0 Å². The molecule has 0 radical (unpaired) electrons. The number of rotatable bonds is 2. The van der Waals surface area contributed by atoms with Crippen LogP contribution in [0.4, 0.5) is 11.6 Å². The molecule has 1 aromatic heterocycles. The zero-order valence-electron chi connectivity index (χ0n) is 7.61. The predicted molar refractivity (Wildman–Crippen MR) is 58.4 cm³/mol. The molecule has 0 aliphatic rings. The average molecular weight is 253 g/mol. The Bertz CT molecular complexity index is 438. The lowest BCUT2D eigenvalue weighted by atomic mass is 10.3.